The van der Waals surface area contributed by atoms with Gasteiger partial charge < -0.3 is 10.1 Å². The molecular formula is C13H17Cl2NO2S. The van der Waals surface area contributed by atoms with E-state index in [9.17, 15) is 4.79 Å². The third-order valence-electron chi connectivity index (χ3n) is 2.43. The Bertz CT molecular complexity index is 429. The molecule has 0 aliphatic heterocycles. The van der Waals surface area contributed by atoms with Crippen molar-refractivity contribution in [2.75, 3.05) is 19.4 Å². The van der Waals surface area contributed by atoms with Gasteiger partial charge in [0.1, 0.15) is 6.04 Å². The van der Waals surface area contributed by atoms with E-state index < -0.39 is 0 Å². The van der Waals surface area contributed by atoms with Crippen molar-refractivity contribution in [1.82, 2.24) is 5.32 Å². The minimum atomic E-state index is -0.315. The Balaban J connectivity index is 2.59. The minimum absolute atomic E-state index is 0.249. The lowest BCUT2D eigenvalue weighted by atomic mass is 10.3. The SMILES string of the molecule is CCCNC(CSc1ccc(Cl)c(Cl)c1)C(=O)OC. The number of hydrogen-bond donors (Lipinski definition) is 1. The van der Waals surface area contributed by atoms with E-state index in [1.807, 2.05) is 13.0 Å². The van der Waals surface area contributed by atoms with E-state index in [1.54, 1.807) is 12.1 Å². The van der Waals surface area contributed by atoms with E-state index in [0.29, 0.717) is 15.8 Å². The Morgan fingerprint density at radius 2 is 2.16 bits per heavy atom. The maximum Gasteiger partial charge on any atom is 0.323 e. The van der Waals surface area contributed by atoms with Crippen LogP contribution < -0.4 is 5.32 Å². The Labute approximate surface area is 128 Å². The van der Waals surface area contributed by atoms with Gasteiger partial charge in [-0.3, -0.25) is 4.79 Å². The molecular weight excluding hydrogens is 305 g/mol. The van der Waals surface area contributed by atoms with Gasteiger partial charge in [0.05, 0.1) is 17.2 Å². The molecule has 0 bridgehead atoms. The van der Waals surface area contributed by atoms with Crippen LogP contribution in [0.5, 0.6) is 0 Å². The van der Waals surface area contributed by atoms with Crippen molar-refractivity contribution >= 4 is 40.9 Å². The minimum Gasteiger partial charge on any atom is -0.468 e. The van der Waals surface area contributed by atoms with Gasteiger partial charge in [0.25, 0.3) is 0 Å². The van der Waals surface area contributed by atoms with Gasteiger partial charge in [-0.2, -0.15) is 0 Å². The third kappa shape index (κ3) is 5.61. The van der Waals surface area contributed by atoms with Crippen molar-refractivity contribution in [3.63, 3.8) is 0 Å². The summed E-state index contributed by atoms with van der Waals surface area (Å²) in [5.74, 6) is 0.339. The summed E-state index contributed by atoms with van der Waals surface area (Å²) in [6.45, 7) is 2.83. The first-order valence-electron chi connectivity index (χ1n) is 5.97. The Morgan fingerprint density at radius 1 is 1.42 bits per heavy atom. The topological polar surface area (TPSA) is 38.3 Å². The van der Waals surface area contributed by atoms with Crippen molar-refractivity contribution in [1.29, 1.82) is 0 Å². The van der Waals surface area contributed by atoms with E-state index in [-0.39, 0.29) is 12.0 Å². The second kappa shape index (κ2) is 8.69. The third-order valence-corrected chi connectivity index (χ3v) is 4.26. The molecule has 0 saturated heterocycles. The van der Waals surface area contributed by atoms with Crippen LogP contribution in [0.2, 0.25) is 10.0 Å². The lowest BCUT2D eigenvalue weighted by Gasteiger charge is -2.15. The quantitative estimate of drug-likeness (QED) is 0.614. The molecule has 0 spiro atoms. The maximum absolute atomic E-state index is 11.6. The highest BCUT2D eigenvalue weighted by Crippen LogP contribution is 2.28. The van der Waals surface area contributed by atoms with E-state index in [2.05, 4.69) is 5.32 Å². The predicted octanol–water partition coefficient (Wildman–Crippen LogP) is 3.63. The van der Waals surface area contributed by atoms with Gasteiger partial charge in [0, 0.05) is 10.6 Å². The largest absolute Gasteiger partial charge is 0.468 e. The number of methoxy groups -OCH3 is 1. The van der Waals surface area contributed by atoms with Crippen LogP contribution in [-0.2, 0) is 9.53 Å². The summed E-state index contributed by atoms with van der Waals surface area (Å²) in [6, 6.07) is 5.11. The smallest absolute Gasteiger partial charge is 0.323 e. The van der Waals surface area contributed by atoms with Gasteiger partial charge in [0.2, 0.25) is 0 Å². The lowest BCUT2D eigenvalue weighted by Crippen LogP contribution is -2.40. The van der Waals surface area contributed by atoms with Gasteiger partial charge in [-0.25, -0.2) is 0 Å². The second-order valence-corrected chi connectivity index (χ2v) is 5.82. The van der Waals surface area contributed by atoms with Gasteiger partial charge in [0.15, 0.2) is 0 Å². The van der Waals surface area contributed by atoms with Crippen LogP contribution in [0.1, 0.15) is 13.3 Å². The number of carbonyl (C=O) groups excluding carboxylic acids is 1. The number of nitrogens with one attached hydrogen (secondary N) is 1. The molecule has 0 amide bonds. The molecule has 1 aromatic rings. The van der Waals surface area contributed by atoms with Crippen LogP contribution >= 0.6 is 35.0 Å². The number of halogens is 2. The van der Waals surface area contributed by atoms with E-state index in [0.717, 1.165) is 17.9 Å². The molecule has 0 heterocycles. The number of ether oxygens (including phenoxy) is 1. The molecule has 1 unspecified atom stereocenters. The maximum atomic E-state index is 11.6. The summed E-state index contributed by atoms with van der Waals surface area (Å²) < 4.78 is 4.78. The number of carbonyl (C=O) groups is 1. The summed E-state index contributed by atoms with van der Waals surface area (Å²) >= 11 is 13.3. The first-order valence-corrected chi connectivity index (χ1v) is 7.71. The molecule has 0 radical (unpaired) electrons. The fourth-order valence-electron chi connectivity index (χ4n) is 1.42. The van der Waals surface area contributed by atoms with Crippen LogP contribution in [0.4, 0.5) is 0 Å². The zero-order valence-corrected chi connectivity index (χ0v) is 13.2. The fourth-order valence-corrected chi connectivity index (χ4v) is 2.76. The van der Waals surface area contributed by atoms with Crippen LogP contribution in [0.3, 0.4) is 0 Å². The monoisotopic (exact) mass is 321 g/mol. The molecule has 1 atom stereocenters. The van der Waals surface area contributed by atoms with Crippen LogP contribution in [-0.4, -0.2) is 31.4 Å². The van der Waals surface area contributed by atoms with Gasteiger partial charge in [-0.05, 0) is 31.2 Å². The first-order chi connectivity index (χ1) is 9.08. The summed E-state index contributed by atoms with van der Waals surface area (Å²) in [4.78, 5) is 12.6. The van der Waals surface area contributed by atoms with Gasteiger partial charge in [-0.1, -0.05) is 30.1 Å². The summed E-state index contributed by atoms with van der Waals surface area (Å²) in [7, 11) is 1.40. The van der Waals surface area contributed by atoms with Gasteiger partial charge >= 0.3 is 5.97 Å². The first kappa shape index (κ1) is 16.6. The zero-order chi connectivity index (χ0) is 14.3. The highest BCUT2D eigenvalue weighted by atomic mass is 35.5. The zero-order valence-electron chi connectivity index (χ0n) is 10.9. The normalized spacial score (nSPS) is 12.2. The Hall–Kier alpha value is -0.420. The summed E-state index contributed by atoms with van der Waals surface area (Å²) in [5.41, 5.74) is 0. The summed E-state index contributed by atoms with van der Waals surface area (Å²) in [6.07, 6.45) is 0.963. The molecule has 0 saturated carbocycles. The Morgan fingerprint density at radius 3 is 2.74 bits per heavy atom. The molecule has 0 aliphatic carbocycles. The number of esters is 1. The highest BCUT2D eigenvalue weighted by Gasteiger charge is 2.18. The average molecular weight is 322 g/mol. The molecule has 0 aromatic heterocycles. The molecule has 3 nitrogen and oxygen atoms in total. The fraction of sp³-hybridized carbons (Fsp3) is 0.462. The van der Waals surface area contributed by atoms with Crippen molar-refractivity contribution in [2.45, 2.75) is 24.3 Å². The Kier molecular flexibility index (Phi) is 7.61. The predicted molar refractivity (Wildman–Crippen MR) is 81.3 cm³/mol. The number of benzene rings is 1. The van der Waals surface area contributed by atoms with Crippen molar-refractivity contribution < 1.29 is 9.53 Å². The molecule has 6 heteroatoms. The number of rotatable bonds is 7. The average Bonchev–Trinajstić information content (AvgIpc) is 2.42. The van der Waals surface area contributed by atoms with E-state index in [1.165, 1.54) is 18.9 Å². The van der Waals surface area contributed by atoms with Crippen LogP contribution in [0, 0.1) is 0 Å². The van der Waals surface area contributed by atoms with Crippen molar-refractivity contribution in [3.05, 3.63) is 28.2 Å². The molecule has 1 rings (SSSR count). The molecule has 19 heavy (non-hydrogen) atoms. The lowest BCUT2D eigenvalue weighted by molar-refractivity contribution is -0.142. The van der Waals surface area contributed by atoms with Crippen LogP contribution in [0.25, 0.3) is 0 Å². The van der Waals surface area contributed by atoms with Crippen molar-refractivity contribution in [3.8, 4) is 0 Å². The molecule has 0 aliphatic rings. The molecule has 1 aromatic carbocycles. The van der Waals surface area contributed by atoms with E-state index >= 15 is 0 Å². The molecule has 1 N–H and O–H groups in total. The second-order valence-electron chi connectivity index (χ2n) is 3.92. The standard InChI is InChI=1S/C13H17Cl2NO2S/c1-3-6-16-12(13(17)18-2)8-19-9-4-5-10(14)11(15)7-9/h4-5,7,12,16H,3,6,8H2,1-2H3. The highest BCUT2D eigenvalue weighted by molar-refractivity contribution is 7.99. The molecule has 0 fully saturated rings. The summed E-state index contributed by atoms with van der Waals surface area (Å²) in [5, 5.41) is 4.21. The van der Waals surface area contributed by atoms with Crippen LogP contribution in [0.15, 0.2) is 23.1 Å². The van der Waals surface area contributed by atoms with Crippen molar-refractivity contribution in [2.24, 2.45) is 0 Å². The molecule has 106 valence electrons. The van der Waals surface area contributed by atoms with Gasteiger partial charge in [-0.15, -0.1) is 11.8 Å². The van der Waals surface area contributed by atoms with E-state index in [4.69, 9.17) is 27.9 Å². The number of hydrogen-bond acceptors (Lipinski definition) is 4. The number of thioether (sulfide) groups is 1.